The molecule has 1 saturated heterocycles. The molecule has 3 nitrogen and oxygen atoms in total. The van der Waals surface area contributed by atoms with Crippen LogP contribution in [0, 0.1) is 0 Å². The van der Waals surface area contributed by atoms with Gasteiger partial charge in [-0.3, -0.25) is 0 Å². The summed E-state index contributed by atoms with van der Waals surface area (Å²) >= 11 is 8.77. The molecule has 1 fully saturated rings. The maximum atomic E-state index is 12.0. The quantitative estimate of drug-likeness (QED) is 0.456. The Bertz CT molecular complexity index is 254. The van der Waals surface area contributed by atoms with E-state index >= 15 is 0 Å². The molecule has 16 heavy (non-hydrogen) atoms. The Balaban J connectivity index is 0.00000225. The molecule has 1 aliphatic heterocycles. The normalized spacial score (nSPS) is 24.6. The second-order valence-electron chi connectivity index (χ2n) is 5.33. The number of rotatable bonds is 1. The summed E-state index contributed by atoms with van der Waals surface area (Å²) in [5.41, 5.74) is -0.823. The average Bonchev–Trinajstić information content (AvgIpc) is 1.97. The van der Waals surface area contributed by atoms with Gasteiger partial charge in [0.25, 0.3) is 0 Å². The van der Waals surface area contributed by atoms with Gasteiger partial charge in [0.05, 0.1) is 0 Å². The molecule has 0 saturated carbocycles. The first-order valence-corrected chi connectivity index (χ1v) is 5.88. The Kier molecular flexibility index (Phi) is 7.01. The number of hydroxylamine groups is 2. The Morgan fingerprint density at radius 1 is 1.31 bits per heavy atom. The molecule has 1 heterocycles. The third kappa shape index (κ3) is 4.48. The van der Waals surface area contributed by atoms with Crippen molar-refractivity contribution >= 4 is 80.6 Å². The van der Waals surface area contributed by atoms with Crippen molar-refractivity contribution in [1.82, 2.24) is 5.06 Å². The molecule has 0 bridgehead atoms. The summed E-state index contributed by atoms with van der Waals surface area (Å²) in [4.78, 5) is 0. The maximum absolute atomic E-state index is 12.0. The van der Waals surface area contributed by atoms with Gasteiger partial charge < -0.3 is 4.74 Å². The minimum atomic E-state index is -0.412. The molecule has 88 valence electrons. The van der Waals surface area contributed by atoms with E-state index in [1.807, 2.05) is 27.7 Å². The van der Waals surface area contributed by atoms with Gasteiger partial charge >= 0.3 is 0 Å². The van der Waals surface area contributed by atoms with Crippen LogP contribution in [-0.2, 0) is 9.94 Å². The molecule has 0 aromatic rings. The van der Waals surface area contributed by atoms with Crippen LogP contribution in [0.15, 0.2) is 0 Å². The molecule has 6 heteroatoms. The zero-order valence-corrected chi connectivity index (χ0v) is 15.4. The van der Waals surface area contributed by atoms with Crippen molar-refractivity contribution in [3.8, 4) is 0 Å². The van der Waals surface area contributed by atoms with E-state index in [2.05, 4.69) is 12.6 Å². The first-order valence-electron chi connectivity index (χ1n) is 5.02. The number of ether oxygens (including phenoxy) is 1. The average molecular weight is 287 g/mol. The predicted molar refractivity (Wildman–Crippen MR) is 72.1 cm³/mol. The van der Waals surface area contributed by atoms with Gasteiger partial charge in [0.15, 0.2) is 0 Å². The third-order valence-corrected chi connectivity index (χ3v) is 3.02. The summed E-state index contributed by atoms with van der Waals surface area (Å²) in [6.45, 7) is 7.72. The molecule has 2 radical (unpaired) electrons. The molecule has 0 unspecified atom stereocenters. The predicted octanol–water partition coefficient (Wildman–Crippen LogP) is 2.20. The van der Waals surface area contributed by atoms with Crippen molar-refractivity contribution in [3.05, 3.63) is 0 Å². The van der Waals surface area contributed by atoms with Crippen molar-refractivity contribution in [3.63, 3.8) is 0 Å². The summed E-state index contributed by atoms with van der Waals surface area (Å²) in [6.07, 6.45) is 1.35. The van der Waals surface area contributed by atoms with Crippen molar-refractivity contribution in [1.29, 1.82) is 0 Å². The Morgan fingerprint density at radius 3 is 2.00 bits per heavy atom. The van der Waals surface area contributed by atoms with Crippen LogP contribution in [-0.4, -0.2) is 78.0 Å². The van der Waals surface area contributed by atoms with Crippen LogP contribution in [0.25, 0.3) is 0 Å². The van der Waals surface area contributed by atoms with E-state index in [0.717, 1.165) is 0 Å². The first-order chi connectivity index (χ1) is 6.65. The number of hydrogen-bond acceptors (Lipinski definition) is 3. The molecule has 1 rings (SSSR count). The molecular weight excluding hydrogens is 269 g/mol. The van der Waals surface area contributed by atoms with Crippen LogP contribution in [0.4, 0.5) is 0 Å². The molecule has 1 aliphatic rings. The Morgan fingerprint density at radius 2 is 1.69 bits per heavy atom. The van der Waals surface area contributed by atoms with Gasteiger partial charge in [-0.1, -0.05) is 12.6 Å². The van der Waals surface area contributed by atoms with Crippen molar-refractivity contribution in [2.75, 3.05) is 0 Å². The molecule has 0 amide bonds. The first kappa shape index (κ1) is 17.8. The van der Waals surface area contributed by atoms with E-state index in [1.54, 1.807) is 0 Å². The van der Waals surface area contributed by atoms with Crippen molar-refractivity contribution in [2.45, 2.75) is 57.7 Å². The topological polar surface area (TPSA) is 32.4 Å². The summed E-state index contributed by atoms with van der Waals surface area (Å²) in [6, 6.07) is 0. The Labute approximate surface area is 151 Å². The fourth-order valence-electron chi connectivity index (χ4n) is 2.40. The largest absolute Gasteiger partial charge is 0.475 e. The number of hydrogen-bond donors (Lipinski definition) is 1. The van der Waals surface area contributed by atoms with E-state index in [1.165, 1.54) is 5.06 Å². The van der Waals surface area contributed by atoms with E-state index in [4.69, 9.17) is 17.0 Å². The standard InChI is InChI=1S/C10H18NO2S2.K/c1-9(2)5-7(13-8(14)15)6-10(3,4)11(9)12;/h7H,5-6H2,1-4H3,(H,14,15);. The zero-order chi connectivity index (χ0) is 11.9. The summed E-state index contributed by atoms with van der Waals surface area (Å²) in [7, 11) is 0. The molecule has 0 N–H and O–H groups in total. The summed E-state index contributed by atoms with van der Waals surface area (Å²) in [5.74, 6) is 0. The van der Waals surface area contributed by atoms with Gasteiger partial charge in [0.2, 0.25) is 4.38 Å². The molecule has 0 spiro atoms. The summed E-state index contributed by atoms with van der Waals surface area (Å²) in [5, 5.41) is 13.2. The second-order valence-corrected chi connectivity index (χ2v) is 6.41. The van der Waals surface area contributed by atoms with Gasteiger partial charge in [-0.2, -0.15) is 0 Å². The maximum Gasteiger partial charge on any atom is 0.217 e. The van der Waals surface area contributed by atoms with Gasteiger partial charge in [0.1, 0.15) is 6.10 Å². The van der Waals surface area contributed by atoms with Crippen LogP contribution in [0.2, 0.25) is 0 Å². The zero-order valence-electron chi connectivity index (χ0n) is 10.6. The number of thiocarbonyl (C=S) groups is 1. The molecule has 0 aromatic carbocycles. The van der Waals surface area contributed by atoms with E-state index in [9.17, 15) is 5.21 Å². The van der Waals surface area contributed by atoms with Crippen molar-refractivity contribution in [2.24, 2.45) is 0 Å². The van der Waals surface area contributed by atoms with Gasteiger partial charge in [-0.25, -0.2) is 0 Å². The fourth-order valence-corrected chi connectivity index (χ4v) is 2.68. The SMILES string of the molecule is CC1(C)CC(OC(=S)S)CC(C)(C)N1[O].[K]. The van der Waals surface area contributed by atoms with Crippen LogP contribution in [0.1, 0.15) is 40.5 Å². The number of piperidine rings is 1. The van der Waals surface area contributed by atoms with Crippen LogP contribution in [0.5, 0.6) is 0 Å². The van der Waals surface area contributed by atoms with Gasteiger partial charge in [0, 0.05) is 75.3 Å². The minimum Gasteiger partial charge on any atom is -0.475 e. The summed E-state index contributed by atoms with van der Waals surface area (Å²) < 4.78 is 5.70. The molecule has 0 aromatic heterocycles. The Hall–Kier alpha value is 1.80. The second kappa shape index (κ2) is 6.30. The van der Waals surface area contributed by atoms with E-state index in [0.29, 0.717) is 12.8 Å². The van der Waals surface area contributed by atoms with E-state index < -0.39 is 11.1 Å². The fraction of sp³-hybridized carbons (Fsp3) is 0.900. The van der Waals surface area contributed by atoms with Crippen LogP contribution < -0.4 is 0 Å². The molecule has 0 atom stereocenters. The number of thiol groups is 1. The van der Waals surface area contributed by atoms with Crippen LogP contribution in [0.3, 0.4) is 0 Å². The minimum absolute atomic E-state index is 0. The van der Waals surface area contributed by atoms with Gasteiger partial charge in [-0.15, -0.1) is 10.3 Å². The van der Waals surface area contributed by atoms with Crippen LogP contribution >= 0.6 is 24.8 Å². The molecule has 0 aliphatic carbocycles. The number of nitrogens with zero attached hydrogens (tertiary/aromatic N) is 1. The third-order valence-electron chi connectivity index (χ3n) is 2.82. The molecular formula is C10H18KNO2S2. The smallest absolute Gasteiger partial charge is 0.217 e. The van der Waals surface area contributed by atoms with Crippen molar-refractivity contribution < 1.29 is 9.94 Å². The van der Waals surface area contributed by atoms with E-state index in [-0.39, 0.29) is 61.9 Å². The van der Waals surface area contributed by atoms with Gasteiger partial charge in [-0.05, 0) is 39.9 Å². The monoisotopic (exact) mass is 287 g/mol.